The van der Waals surface area contributed by atoms with Gasteiger partial charge in [0.15, 0.2) is 0 Å². The van der Waals surface area contributed by atoms with Crippen LogP contribution in [0.15, 0.2) is 12.1 Å². The Hall–Kier alpha value is -0.890. The van der Waals surface area contributed by atoms with Gasteiger partial charge >= 0.3 is 0 Å². The molecule has 2 rings (SSSR count). The highest BCUT2D eigenvalue weighted by Crippen LogP contribution is 2.41. The van der Waals surface area contributed by atoms with Crippen LogP contribution < -0.4 is 10.5 Å². The van der Waals surface area contributed by atoms with Crippen molar-refractivity contribution in [3.8, 4) is 5.75 Å². The van der Waals surface area contributed by atoms with Crippen LogP contribution in [0.4, 0.5) is 5.69 Å². The predicted molar refractivity (Wildman–Crippen MR) is 54.3 cm³/mol. The number of ether oxygens (including phenoxy) is 1. The van der Waals surface area contributed by atoms with Gasteiger partial charge in [0, 0.05) is 17.7 Å². The monoisotopic (exact) mass is 197 g/mol. The Bertz CT molecular complexity index is 360. The fourth-order valence-corrected chi connectivity index (χ4v) is 1.98. The highest BCUT2D eigenvalue weighted by molar-refractivity contribution is 6.32. The summed E-state index contributed by atoms with van der Waals surface area (Å²) in [5.41, 5.74) is 7.33. The fraction of sp³-hybridized carbons (Fsp3) is 0.400. The number of rotatable bonds is 0. The summed E-state index contributed by atoms with van der Waals surface area (Å²) >= 11 is 6.00. The zero-order valence-corrected chi connectivity index (χ0v) is 8.48. The number of benzene rings is 1. The standard InChI is InChI=1S/C10H12ClNO/c1-10(2)5-6-3-7(12)4-8(11)9(6)13-10/h3-4H,5,12H2,1-2H3. The van der Waals surface area contributed by atoms with E-state index < -0.39 is 0 Å². The van der Waals surface area contributed by atoms with E-state index in [4.69, 9.17) is 22.1 Å². The van der Waals surface area contributed by atoms with E-state index in [2.05, 4.69) is 0 Å². The number of hydrogen-bond acceptors (Lipinski definition) is 2. The first-order valence-corrected chi connectivity index (χ1v) is 4.63. The summed E-state index contributed by atoms with van der Waals surface area (Å²) in [7, 11) is 0. The van der Waals surface area contributed by atoms with E-state index in [1.165, 1.54) is 0 Å². The second-order valence-corrected chi connectivity index (χ2v) is 4.44. The fourth-order valence-electron chi connectivity index (χ4n) is 1.69. The van der Waals surface area contributed by atoms with Crippen molar-refractivity contribution in [1.82, 2.24) is 0 Å². The van der Waals surface area contributed by atoms with Crippen LogP contribution in [-0.2, 0) is 6.42 Å². The molecule has 0 spiro atoms. The topological polar surface area (TPSA) is 35.2 Å². The lowest BCUT2D eigenvalue weighted by atomic mass is 10.0. The molecule has 0 aliphatic carbocycles. The number of hydrogen-bond donors (Lipinski definition) is 1. The maximum atomic E-state index is 6.00. The highest BCUT2D eigenvalue weighted by atomic mass is 35.5. The first-order valence-electron chi connectivity index (χ1n) is 4.25. The van der Waals surface area contributed by atoms with Gasteiger partial charge in [-0.15, -0.1) is 0 Å². The van der Waals surface area contributed by atoms with Crippen molar-refractivity contribution in [3.05, 3.63) is 22.7 Å². The van der Waals surface area contributed by atoms with Crippen molar-refractivity contribution in [1.29, 1.82) is 0 Å². The van der Waals surface area contributed by atoms with Crippen molar-refractivity contribution >= 4 is 17.3 Å². The minimum Gasteiger partial charge on any atom is -0.486 e. The van der Waals surface area contributed by atoms with E-state index in [1.807, 2.05) is 19.9 Å². The van der Waals surface area contributed by atoms with Crippen LogP contribution in [0.3, 0.4) is 0 Å². The molecule has 0 saturated heterocycles. The van der Waals surface area contributed by atoms with Gasteiger partial charge in [-0.25, -0.2) is 0 Å². The molecule has 1 aromatic carbocycles. The maximum Gasteiger partial charge on any atom is 0.142 e. The van der Waals surface area contributed by atoms with Crippen molar-refractivity contribution in [3.63, 3.8) is 0 Å². The largest absolute Gasteiger partial charge is 0.486 e. The predicted octanol–water partition coefficient (Wildman–Crippen LogP) is 2.64. The Labute approximate surface area is 82.6 Å². The third-order valence-electron chi connectivity index (χ3n) is 2.14. The molecule has 70 valence electrons. The summed E-state index contributed by atoms with van der Waals surface area (Å²) in [6, 6.07) is 3.65. The molecule has 2 nitrogen and oxygen atoms in total. The molecule has 0 unspecified atom stereocenters. The quantitative estimate of drug-likeness (QED) is 0.649. The van der Waals surface area contributed by atoms with Crippen molar-refractivity contribution in [2.75, 3.05) is 5.73 Å². The van der Waals surface area contributed by atoms with Gasteiger partial charge in [0.2, 0.25) is 0 Å². The second-order valence-electron chi connectivity index (χ2n) is 4.03. The Balaban J connectivity index is 2.52. The molecular weight excluding hydrogens is 186 g/mol. The molecule has 13 heavy (non-hydrogen) atoms. The lowest BCUT2D eigenvalue weighted by Gasteiger charge is -2.17. The number of fused-ring (bicyclic) bond motifs is 1. The van der Waals surface area contributed by atoms with Gasteiger partial charge in [-0.3, -0.25) is 0 Å². The van der Waals surface area contributed by atoms with Crippen LogP contribution in [0.5, 0.6) is 5.75 Å². The maximum absolute atomic E-state index is 6.00. The van der Waals surface area contributed by atoms with Crippen LogP contribution in [0.25, 0.3) is 0 Å². The van der Waals surface area contributed by atoms with E-state index in [1.54, 1.807) is 6.07 Å². The normalized spacial score (nSPS) is 18.1. The van der Waals surface area contributed by atoms with Gasteiger partial charge in [0.05, 0.1) is 5.02 Å². The van der Waals surface area contributed by atoms with Gasteiger partial charge in [-0.2, -0.15) is 0 Å². The van der Waals surface area contributed by atoms with Gasteiger partial charge in [0.25, 0.3) is 0 Å². The minimum atomic E-state index is -0.153. The molecule has 0 fully saturated rings. The van der Waals surface area contributed by atoms with Crippen LogP contribution in [-0.4, -0.2) is 5.60 Å². The molecule has 0 bridgehead atoms. The van der Waals surface area contributed by atoms with Crippen molar-refractivity contribution in [2.45, 2.75) is 25.9 Å². The first kappa shape index (κ1) is 8.70. The molecule has 1 aliphatic heterocycles. The molecule has 0 amide bonds. The average Bonchev–Trinajstić information content (AvgIpc) is 2.23. The smallest absolute Gasteiger partial charge is 0.142 e. The first-order chi connectivity index (χ1) is 5.98. The number of nitrogens with two attached hydrogens (primary N) is 1. The van der Waals surface area contributed by atoms with Gasteiger partial charge in [0.1, 0.15) is 11.4 Å². The Kier molecular flexibility index (Phi) is 1.70. The Morgan fingerprint density at radius 2 is 2.15 bits per heavy atom. The second kappa shape index (κ2) is 2.55. The molecule has 0 saturated carbocycles. The van der Waals surface area contributed by atoms with Crippen molar-refractivity contribution < 1.29 is 4.74 Å². The van der Waals surface area contributed by atoms with Crippen LogP contribution in [0.2, 0.25) is 5.02 Å². The summed E-state index contributed by atoms with van der Waals surface area (Å²) in [6.07, 6.45) is 0.868. The van der Waals surface area contributed by atoms with Crippen LogP contribution in [0.1, 0.15) is 19.4 Å². The number of anilines is 1. The summed E-state index contributed by atoms with van der Waals surface area (Å²) < 4.78 is 5.69. The molecular formula is C10H12ClNO. The lowest BCUT2D eigenvalue weighted by Crippen LogP contribution is -2.24. The minimum absolute atomic E-state index is 0.153. The molecule has 2 N–H and O–H groups in total. The molecule has 3 heteroatoms. The molecule has 1 aromatic rings. The van der Waals surface area contributed by atoms with Crippen LogP contribution >= 0.6 is 11.6 Å². The van der Waals surface area contributed by atoms with Gasteiger partial charge < -0.3 is 10.5 Å². The van der Waals surface area contributed by atoms with Crippen LogP contribution in [0, 0.1) is 0 Å². The third kappa shape index (κ3) is 1.46. The SMILES string of the molecule is CC1(C)Cc2cc(N)cc(Cl)c2O1. The molecule has 1 heterocycles. The molecule has 0 aromatic heterocycles. The Morgan fingerprint density at radius 3 is 2.85 bits per heavy atom. The third-order valence-corrected chi connectivity index (χ3v) is 2.42. The van der Waals surface area contributed by atoms with E-state index >= 15 is 0 Å². The zero-order valence-electron chi connectivity index (χ0n) is 7.73. The van der Waals surface area contributed by atoms with E-state index in [0.717, 1.165) is 17.7 Å². The zero-order chi connectivity index (χ0) is 9.64. The highest BCUT2D eigenvalue weighted by Gasteiger charge is 2.31. The van der Waals surface area contributed by atoms with Crippen molar-refractivity contribution in [2.24, 2.45) is 0 Å². The summed E-state index contributed by atoms with van der Waals surface area (Å²) in [4.78, 5) is 0. The molecule has 0 radical (unpaired) electrons. The van der Waals surface area contributed by atoms with E-state index in [0.29, 0.717) is 10.7 Å². The lowest BCUT2D eigenvalue weighted by molar-refractivity contribution is 0.138. The average molecular weight is 198 g/mol. The van der Waals surface area contributed by atoms with E-state index in [9.17, 15) is 0 Å². The van der Waals surface area contributed by atoms with E-state index in [-0.39, 0.29) is 5.60 Å². The summed E-state index contributed by atoms with van der Waals surface area (Å²) in [5.74, 6) is 0.792. The summed E-state index contributed by atoms with van der Waals surface area (Å²) in [6.45, 7) is 4.08. The van der Waals surface area contributed by atoms with Gasteiger partial charge in [-0.05, 0) is 26.0 Å². The molecule has 0 atom stereocenters. The summed E-state index contributed by atoms with van der Waals surface area (Å²) in [5, 5.41) is 0.612. The number of halogens is 1. The number of nitrogen functional groups attached to an aromatic ring is 1. The van der Waals surface area contributed by atoms with Gasteiger partial charge in [-0.1, -0.05) is 11.6 Å². The Morgan fingerprint density at radius 1 is 1.46 bits per heavy atom. The molecule has 1 aliphatic rings.